The van der Waals surface area contributed by atoms with Gasteiger partial charge in [0.1, 0.15) is 11.5 Å². The van der Waals surface area contributed by atoms with Gasteiger partial charge in [-0.3, -0.25) is 4.79 Å². The molecule has 0 bridgehead atoms. The first-order chi connectivity index (χ1) is 11.6. The molecule has 0 aliphatic carbocycles. The Bertz CT molecular complexity index is 885. The van der Waals surface area contributed by atoms with E-state index in [-0.39, 0.29) is 5.56 Å². The van der Waals surface area contributed by atoms with Gasteiger partial charge in [0, 0.05) is 17.5 Å². The molecule has 4 nitrogen and oxygen atoms in total. The van der Waals surface area contributed by atoms with E-state index < -0.39 is 0 Å². The number of hydrogen-bond acceptors (Lipinski definition) is 3. The number of H-pyrrole nitrogens is 1. The molecular weight excluding hydrogens is 324 g/mol. The minimum Gasteiger partial charge on any atom is -0.457 e. The third-order valence-corrected chi connectivity index (χ3v) is 3.82. The molecule has 0 spiro atoms. The molecular formula is C19H17ClN2O2. The molecule has 0 aliphatic rings. The van der Waals surface area contributed by atoms with Gasteiger partial charge in [0.05, 0.1) is 5.69 Å². The summed E-state index contributed by atoms with van der Waals surface area (Å²) in [5.41, 5.74) is 2.85. The summed E-state index contributed by atoms with van der Waals surface area (Å²) in [5.74, 6) is 1.46. The summed E-state index contributed by atoms with van der Waals surface area (Å²) in [6.45, 7) is 2.10. The third-order valence-electron chi connectivity index (χ3n) is 3.59. The first kappa shape index (κ1) is 16.3. The van der Waals surface area contributed by atoms with E-state index in [0.717, 1.165) is 23.4 Å². The van der Waals surface area contributed by atoms with Gasteiger partial charge in [-0.1, -0.05) is 30.7 Å². The lowest BCUT2D eigenvalue weighted by atomic mass is 10.0. The molecule has 122 valence electrons. The Hall–Kier alpha value is -2.59. The van der Waals surface area contributed by atoms with Crippen molar-refractivity contribution in [2.75, 3.05) is 0 Å². The molecule has 3 rings (SSSR count). The van der Waals surface area contributed by atoms with E-state index in [2.05, 4.69) is 23.2 Å². The number of hydrogen-bond donors (Lipinski definition) is 1. The van der Waals surface area contributed by atoms with Crippen LogP contribution < -0.4 is 10.3 Å². The normalized spacial score (nSPS) is 10.6. The number of nitrogens with zero attached hydrogens (tertiary/aromatic N) is 1. The summed E-state index contributed by atoms with van der Waals surface area (Å²) in [7, 11) is 0. The summed E-state index contributed by atoms with van der Waals surface area (Å²) in [6.07, 6.45) is 1.52. The van der Waals surface area contributed by atoms with Crippen LogP contribution in [0.15, 0.2) is 59.4 Å². The van der Waals surface area contributed by atoms with Crippen molar-refractivity contribution in [2.24, 2.45) is 0 Å². The van der Waals surface area contributed by atoms with Crippen LogP contribution in [0.5, 0.6) is 11.5 Å². The van der Waals surface area contributed by atoms with Gasteiger partial charge in [0.2, 0.25) is 0 Å². The predicted molar refractivity (Wildman–Crippen MR) is 95.0 cm³/mol. The average Bonchev–Trinajstić information content (AvgIpc) is 2.57. The topological polar surface area (TPSA) is 55.0 Å². The minimum atomic E-state index is -0.203. The van der Waals surface area contributed by atoms with Crippen LogP contribution in [0.3, 0.4) is 0 Å². The van der Waals surface area contributed by atoms with Gasteiger partial charge in [-0.2, -0.15) is 5.10 Å². The van der Waals surface area contributed by atoms with Gasteiger partial charge < -0.3 is 4.74 Å². The van der Waals surface area contributed by atoms with Gasteiger partial charge in [0.15, 0.2) is 0 Å². The Kier molecular flexibility index (Phi) is 4.96. The number of aromatic nitrogens is 2. The molecule has 0 aliphatic heterocycles. The highest BCUT2D eigenvalue weighted by Crippen LogP contribution is 2.27. The first-order valence-electron chi connectivity index (χ1n) is 7.73. The van der Waals surface area contributed by atoms with Crippen molar-refractivity contribution in [2.45, 2.75) is 19.8 Å². The Morgan fingerprint density at radius 3 is 2.58 bits per heavy atom. The molecule has 0 amide bonds. The molecule has 3 aromatic rings. The minimum absolute atomic E-state index is 0.203. The largest absolute Gasteiger partial charge is 0.457 e. The van der Waals surface area contributed by atoms with E-state index >= 15 is 0 Å². The molecule has 0 unspecified atom stereocenters. The number of rotatable bonds is 5. The van der Waals surface area contributed by atoms with Crippen LogP contribution in [0.2, 0.25) is 5.02 Å². The van der Waals surface area contributed by atoms with E-state index in [0.29, 0.717) is 17.2 Å². The highest BCUT2D eigenvalue weighted by molar-refractivity contribution is 6.30. The van der Waals surface area contributed by atoms with Crippen molar-refractivity contribution in [3.8, 4) is 11.5 Å². The number of nitrogens with one attached hydrogen (secondary N) is 1. The maximum Gasteiger partial charge on any atom is 0.264 e. The Morgan fingerprint density at radius 1 is 1.04 bits per heavy atom. The first-order valence-corrected chi connectivity index (χ1v) is 8.11. The molecule has 0 radical (unpaired) electrons. The fourth-order valence-electron chi connectivity index (χ4n) is 2.44. The zero-order valence-electron chi connectivity index (χ0n) is 13.3. The van der Waals surface area contributed by atoms with Crippen molar-refractivity contribution in [3.05, 3.63) is 86.8 Å². The van der Waals surface area contributed by atoms with E-state index in [4.69, 9.17) is 16.3 Å². The monoisotopic (exact) mass is 340 g/mol. The highest BCUT2D eigenvalue weighted by Gasteiger charge is 2.05. The SMILES string of the molecule is CCc1cc(Cc2ccc(=O)[nH]n2)cc(Oc2cccc(Cl)c2)c1. The average molecular weight is 341 g/mol. The molecule has 1 aromatic heterocycles. The molecule has 24 heavy (non-hydrogen) atoms. The quantitative estimate of drug-likeness (QED) is 0.750. The lowest BCUT2D eigenvalue weighted by Crippen LogP contribution is -2.07. The molecule has 0 saturated carbocycles. The van der Waals surface area contributed by atoms with E-state index in [1.165, 1.54) is 11.6 Å². The number of ether oxygens (including phenoxy) is 1. The summed E-state index contributed by atoms with van der Waals surface area (Å²) in [5, 5.41) is 7.15. The molecule has 1 heterocycles. The van der Waals surface area contributed by atoms with Gasteiger partial charge in [-0.15, -0.1) is 0 Å². The van der Waals surface area contributed by atoms with Crippen molar-refractivity contribution >= 4 is 11.6 Å². The lowest BCUT2D eigenvalue weighted by Gasteiger charge is -2.10. The van der Waals surface area contributed by atoms with Gasteiger partial charge in [-0.05, 0) is 53.9 Å². The van der Waals surface area contributed by atoms with Crippen LogP contribution in [0.1, 0.15) is 23.7 Å². The standard InChI is InChI=1S/C19H17ClN2O2/c1-2-13-8-14(9-16-6-7-19(23)22-21-16)11-18(10-13)24-17-5-3-4-15(20)12-17/h3-8,10-12H,2,9H2,1H3,(H,22,23). The number of benzene rings is 2. The van der Waals surface area contributed by atoms with Crippen LogP contribution >= 0.6 is 11.6 Å². The smallest absolute Gasteiger partial charge is 0.264 e. The third kappa shape index (κ3) is 4.24. The van der Waals surface area contributed by atoms with Crippen molar-refractivity contribution < 1.29 is 4.74 Å². The Labute approximate surface area is 145 Å². The summed E-state index contributed by atoms with van der Waals surface area (Å²) < 4.78 is 5.94. The molecule has 1 N–H and O–H groups in total. The maximum absolute atomic E-state index is 11.1. The van der Waals surface area contributed by atoms with Crippen molar-refractivity contribution in [1.29, 1.82) is 0 Å². The van der Waals surface area contributed by atoms with E-state index in [9.17, 15) is 4.79 Å². The molecule has 0 fully saturated rings. The zero-order chi connectivity index (χ0) is 16.9. The van der Waals surface area contributed by atoms with Gasteiger partial charge in [0.25, 0.3) is 5.56 Å². The van der Waals surface area contributed by atoms with Crippen LogP contribution in [-0.2, 0) is 12.8 Å². The van der Waals surface area contributed by atoms with Crippen LogP contribution in [0, 0.1) is 0 Å². The number of aromatic amines is 1. The molecule has 5 heteroatoms. The summed E-state index contributed by atoms with van der Waals surface area (Å²) in [6, 6.07) is 16.6. The number of aryl methyl sites for hydroxylation is 1. The maximum atomic E-state index is 11.1. The van der Waals surface area contributed by atoms with Crippen molar-refractivity contribution in [1.82, 2.24) is 10.2 Å². The second kappa shape index (κ2) is 7.32. The summed E-state index contributed by atoms with van der Waals surface area (Å²) >= 11 is 6.00. The zero-order valence-corrected chi connectivity index (χ0v) is 14.0. The fraction of sp³-hybridized carbons (Fsp3) is 0.158. The Morgan fingerprint density at radius 2 is 1.88 bits per heavy atom. The van der Waals surface area contributed by atoms with Crippen LogP contribution in [0.25, 0.3) is 0 Å². The molecule has 2 aromatic carbocycles. The predicted octanol–water partition coefficient (Wildman–Crippen LogP) is 4.37. The Balaban J connectivity index is 1.87. The van der Waals surface area contributed by atoms with E-state index in [1.54, 1.807) is 12.1 Å². The van der Waals surface area contributed by atoms with Crippen molar-refractivity contribution in [3.63, 3.8) is 0 Å². The van der Waals surface area contributed by atoms with E-state index in [1.807, 2.05) is 30.3 Å². The number of halogens is 1. The molecule has 0 saturated heterocycles. The van der Waals surface area contributed by atoms with Crippen LogP contribution in [-0.4, -0.2) is 10.2 Å². The second-order valence-electron chi connectivity index (χ2n) is 5.49. The van der Waals surface area contributed by atoms with Crippen LogP contribution in [0.4, 0.5) is 0 Å². The summed E-state index contributed by atoms with van der Waals surface area (Å²) in [4.78, 5) is 11.1. The highest BCUT2D eigenvalue weighted by atomic mass is 35.5. The second-order valence-corrected chi connectivity index (χ2v) is 5.92. The fourth-order valence-corrected chi connectivity index (χ4v) is 2.62. The van der Waals surface area contributed by atoms with Gasteiger partial charge >= 0.3 is 0 Å². The van der Waals surface area contributed by atoms with Gasteiger partial charge in [-0.25, -0.2) is 5.10 Å². The lowest BCUT2D eigenvalue weighted by molar-refractivity contribution is 0.481. The molecule has 0 atom stereocenters.